The van der Waals surface area contributed by atoms with E-state index in [9.17, 15) is 4.79 Å². The Hall–Kier alpha value is -0.610. The molecule has 1 heterocycles. The van der Waals surface area contributed by atoms with Crippen molar-refractivity contribution in [1.82, 2.24) is 10.2 Å². The Labute approximate surface area is 97.3 Å². The highest BCUT2D eigenvalue weighted by atomic mass is 16.5. The van der Waals surface area contributed by atoms with Crippen LogP contribution in [0.25, 0.3) is 0 Å². The fraction of sp³-hybridized carbons (Fsp3) is 0.917. The summed E-state index contributed by atoms with van der Waals surface area (Å²) in [5, 5.41) is 3.21. The molecular weight excluding hydrogens is 204 g/mol. The lowest BCUT2D eigenvalue weighted by Crippen LogP contribution is -2.41. The van der Waals surface area contributed by atoms with Crippen molar-refractivity contribution in [1.29, 1.82) is 0 Å². The molecule has 0 aromatic rings. The number of ether oxygens (including phenoxy) is 1. The first-order valence-corrected chi connectivity index (χ1v) is 6.43. The van der Waals surface area contributed by atoms with Gasteiger partial charge in [0.25, 0.3) is 0 Å². The number of nitrogens with zero attached hydrogens (tertiary/aromatic N) is 1. The second-order valence-electron chi connectivity index (χ2n) is 4.68. The highest BCUT2D eigenvalue weighted by molar-refractivity contribution is 5.78. The number of hydrogen-bond acceptors (Lipinski definition) is 3. The zero-order valence-corrected chi connectivity index (χ0v) is 10.1. The van der Waals surface area contributed by atoms with Gasteiger partial charge in [0.05, 0.1) is 12.6 Å². The van der Waals surface area contributed by atoms with Crippen LogP contribution in [0.5, 0.6) is 0 Å². The molecule has 1 N–H and O–H groups in total. The van der Waals surface area contributed by atoms with E-state index in [0.717, 1.165) is 32.5 Å². The second kappa shape index (κ2) is 5.64. The highest BCUT2D eigenvalue weighted by Crippen LogP contribution is 2.26. The van der Waals surface area contributed by atoms with E-state index in [0.29, 0.717) is 18.7 Å². The van der Waals surface area contributed by atoms with Gasteiger partial charge in [0.1, 0.15) is 0 Å². The molecule has 0 bridgehead atoms. The normalized spacial score (nSPS) is 24.7. The molecule has 2 fully saturated rings. The molecule has 1 saturated carbocycles. The van der Waals surface area contributed by atoms with Crippen LogP contribution in [-0.4, -0.2) is 49.2 Å². The molecule has 92 valence electrons. The molecular formula is C12H22N2O2. The number of hydrogen-bond donors (Lipinski definition) is 1. The molecule has 0 radical (unpaired) electrons. The molecule has 16 heavy (non-hydrogen) atoms. The van der Waals surface area contributed by atoms with Crippen LogP contribution in [0.1, 0.15) is 32.6 Å². The van der Waals surface area contributed by atoms with Crippen molar-refractivity contribution in [3.63, 3.8) is 0 Å². The van der Waals surface area contributed by atoms with Crippen LogP contribution in [0, 0.1) is 0 Å². The Kier molecular flexibility index (Phi) is 4.18. The van der Waals surface area contributed by atoms with Gasteiger partial charge in [-0.1, -0.05) is 0 Å². The lowest BCUT2D eigenvalue weighted by atomic mass is 10.2. The number of likely N-dealkylation sites (N-methyl/N-ethyl adjacent to an activating group) is 1. The van der Waals surface area contributed by atoms with Crippen molar-refractivity contribution in [2.45, 2.75) is 44.8 Å². The molecule has 0 aromatic carbocycles. The summed E-state index contributed by atoms with van der Waals surface area (Å²) >= 11 is 0. The van der Waals surface area contributed by atoms with Crippen molar-refractivity contribution in [2.24, 2.45) is 0 Å². The number of rotatable bonds is 6. The van der Waals surface area contributed by atoms with Gasteiger partial charge in [-0.2, -0.15) is 0 Å². The summed E-state index contributed by atoms with van der Waals surface area (Å²) in [4.78, 5) is 13.8. The fourth-order valence-electron chi connectivity index (χ4n) is 2.27. The highest BCUT2D eigenvalue weighted by Gasteiger charge is 2.30. The standard InChI is InChI=1S/C12H22N2O2/c1-2-14(10-5-6-10)12(15)9-13-8-11-4-3-7-16-11/h10-11,13H,2-9H2,1H3. The van der Waals surface area contributed by atoms with Gasteiger partial charge in [-0.05, 0) is 32.6 Å². The van der Waals surface area contributed by atoms with Crippen molar-refractivity contribution >= 4 is 5.91 Å². The van der Waals surface area contributed by atoms with Gasteiger partial charge >= 0.3 is 0 Å². The first-order valence-electron chi connectivity index (χ1n) is 6.43. The monoisotopic (exact) mass is 226 g/mol. The predicted molar refractivity (Wildman–Crippen MR) is 62.3 cm³/mol. The van der Waals surface area contributed by atoms with Crippen molar-refractivity contribution in [3.8, 4) is 0 Å². The summed E-state index contributed by atoms with van der Waals surface area (Å²) in [7, 11) is 0. The maximum absolute atomic E-state index is 11.9. The maximum Gasteiger partial charge on any atom is 0.236 e. The lowest BCUT2D eigenvalue weighted by Gasteiger charge is -2.21. The van der Waals surface area contributed by atoms with Crippen LogP contribution >= 0.6 is 0 Å². The van der Waals surface area contributed by atoms with Gasteiger partial charge in [0, 0.05) is 25.7 Å². The molecule has 1 aliphatic heterocycles. The van der Waals surface area contributed by atoms with E-state index in [1.165, 1.54) is 12.8 Å². The molecule has 4 nitrogen and oxygen atoms in total. The van der Waals surface area contributed by atoms with E-state index in [-0.39, 0.29) is 5.91 Å². The molecule has 1 aliphatic carbocycles. The summed E-state index contributed by atoms with van der Waals surface area (Å²) < 4.78 is 5.49. The average molecular weight is 226 g/mol. The van der Waals surface area contributed by atoms with Gasteiger partial charge in [0.2, 0.25) is 5.91 Å². The summed E-state index contributed by atoms with van der Waals surface area (Å²) in [5.74, 6) is 0.239. The Morgan fingerprint density at radius 1 is 1.44 bits per heavy atom. The SMILES string of the molecule is CCN(C(=O)CNCC1CCCO1)C1CC1. The third-order valence-corrected chi connectivity index (χ3v) is 3.32. The lowest BCUT2D eigenvalue weighted by molar-refractivity contribution is -0.130. The minimum Gasteiger partial charge on any atom is -0.377 e. The van der Waals surface area contributed by atoms with E-state index in [4.69, 9.17) is 4.74 Å². The molecule has 2 rings (SSSR count). The number of carbonyl (C=O) groups is 1. The minimum atomic E-state index is 0.239. The third kappa shape index (κ3) is 3.19. The van der Waals surface area contributed by atoms with Gasteiger partial charge in [-0.3, -0.25) is 4.79 Å². The van der Waals surface area contributed by atoms with Crippen molar-refractivity contribution in [2.75, 3.05) is 26.2 Å². The van der Waals surface area contributed by atoms with E-state index in [1.54, 1.807) is 0 Å². The van der Waals surface area contributed by atoms with Crippen LogP contribution in [-0.2, 0) is 9.53 Å². The largest absolute Gasteiger partial charge is 0.377 e. The van der Waals surface area contributed by atoms with Gasteiger partial charge in [-0.25, -0.2) is 0 Å². The van der Waals surface area contributed by atoms with E-state index >= 15 is 0 Å². The summed E-state index contributed by atoms with van der Waals surface area (Å²) in [5.41, 5.74) is 0. The molecule has 1 saturated heterocycles. The van der Waals surface area contributed by atoms with Crippen LogP contribution in [0.3, 0.4) is 0 Å². The Morgan fingerprint density at radius 3 is 2.81 bits per heavy atom. The molecule has 0 spiro atoms. The molecule has 2 aliphatic rings. The summed E-state index contributed by atoms with van der Waals surface area (Å²) in [6.07, 6.45) is 4.98. The van der Waals surface area contributed by atoms with E-state index < -0.39 is 0 Å². The quantitative estimate of drug-likeness (QED) is 0.727. The maximum atomic E-state index is 11.9. The van der Waals surface area contributed by atoms with Crippen molar-refractivity contribution in [3.05, 3.63) is 0 Å². The third-order valence-electron chi connectivity index (χ3n) is 3.32. The molecule has 1 atom stereocenters. The zero-order valence-electron chi connectivity index (χ0n) is 10.1. The molecule has 0 aromatic heterocycles. The smallest absolute Gasteiger partial charge is 0.236 e. The van der Waals surface area contributed by atoms with Crippen LogP contribution in [0.4, 0.5) is 0 Å². The fourth-order valence-corrected chi connectivity index (χ4v) is 2.27. The molecule has 4 heteroatoms. The first kappa shape index (κ1) is 11.9. The van der Waals surface area contributed by atoms with Gasteiger partial charge in [-0.15, -0.1) is 0 Å². The Morgan fingerprint density at radius 2 is 2.25 bits per heavy atom. The van der Waals surface area contributed by atoms with Crippen molar-refractivity contribution < 1.29 is 9.53 Å². The van der Waals surface area contributed by atoms with Crippen LogP contribution in [0.2, 0.25) is 0 Å². The Balaban J connectivity index is 1.62. The Bertz CT molecular complexity index is 235. The van der Waals surface area contributed by atoms with E-state index in [2.05, 4.69) is 12.2 Å². The van der Waals surface area contributed by atoms with Crippen LogP contribution in [0.15, 0.2) is 0 Å². The first-order chi connectivity index (χ1) is 7.81. The zero-order chi connectivity index (χ0) is 11.4. The number of nitrogens with one attached hydrogen (secondary N) is 1. The van der Waals surface area contributed by atoms with Gasteiger partial charge in [0.15, 0.2) is 0 Å². The topological polar surface area (TPSA) is 41.6 Å². The number of carbonyl (C=O) groups excluding carboxylic acids is 1. The predicted octanol–water partition coefficient (Wildman–Crippen LogP) is 0.766. The second-order valence-corrected chi connectivity index (χ2v) is 4.68. The number of amides is 1. The summed E-state index contributed by atoms with van der Waals surface area (Å²) in [6.45, 7) is 5.04. The molecule has 1 unspecified atom stereocenters. The summed E-state index contributed by atoms with van der Waals surface area (Å²) in [6, 6.07) is 0.530. The van der Waals surface area contributed by atoms with E-state index in [1.807, 2.05) is 4.90 Å². The van der Waals surface area contributed by atoms with Gasteiger partial charge < -0.3 is 15.0 Å². The average Bonchev–Trinajstić information content (AvgIpc) is 2.96. The minimum absolute atomic E-state index is 0.239. The van der Waals surface area contributed by atoms with Crippen LogP contribution < -0.4 is 5.32 Å². The molecule has 1 amide bonds.